The average Bonchev–Trinajstić information content (AvgIpc) is 2.96. The van der Waals surface area contributed by atoms with E-state index in [9.17, 15) is 8.78 Å². The number of halogens is 2. The van der Waals surface area contributed by atoms with Crippen molar-refractivity contribution in [3.8, 4) is 11.9 Å². The van der Waals surface area contributed by atoms with E-state index in [4.69, 9.17) is 5.26 Å². The molecule has 8 heteroatoms. The van der Waals surface area contributed by atoms with Crippen LogP contribution in [0.5, 0.6) is 0 Å². The van der Waals surface area contributed by atoms with Crippen molar-refractivity contribution >= 4 is 5.95 Å². The monoisotopic (exact) mass is 332 g/mol. The fourth-order valence-corrected chi connectivity index (χ4v) is 2.75. The highest BCUT2D eigenvalue weighted by atomic mass is 19.3. The van der Waals surface area contributed by atoms with Gasteiger partial charge in [-0.2, -0.15) is 15.3 Å². The topological polar surface area (TPSA) is 79.4 Å². The van der Waals surface area contributed by atoms with Gasteiger partial charge in [0.15, 0.2) is 5.82 Å². The lowest BCUT2D eigenvalue weighted by molar-refractivity contribution is -0.0361. The molecular formula is C16H18F2N6. The SMILES string of the molecule is Cc1ccn(-c2cc(CC#N)nc(NC3CCC(F)(F)CC3)n2)n1. The second kappa shape index (κ2) is 6.51. The molecule has 1 fully saturated rings. The van der Waals surface area contributed by atoms with Crippen LogP contribution in [0.25, 0.3) is 5.82 Å². The summed E-state index contributed by atoms with van der Waals surface area (Å²) in [6.45, 7) is 1.87. The van der Waals surface area contributed by atoms with Crippen LogP contribution in [-0.2, 0) is 6.42 Å². The Labute approximate surface area is 138 Å². The number of aromatic nitrogens is 4. The van der Waals surface area contributed by atoms with Gasteiger partial charge in [0, 0.05) is 31.1 Å². The van der Waals surface area contributed by atoms with Gasteiger partial charge in [0.2, 0.25) is 11.9 Å². The van der Waals surface area contributed by atoms with Crippen LogP contribution in [0.15, 0.2) is 18.3 Å². The largest absolute Gasteiger partial charge is 0.351 e. The molecule has 0 saturated heterocycles. The molecule has 24 heavy (non-hydrogen) atoms. The highest BCUT2D eigenvalue weighted by Crippen LogP contribution is 2.33. The van der Waals surface area contributed by atoms with E-state index in [2.05, 4.69) is 26.5 Å². The number of nitriles is 1. The third kappa shape index (κ3) is 3.85. The van der Waals surface area contributed by atoms with Crippen molar-refractivity contribution in [2.45, 2.75) is 51.0 Å². The third-order valence-electron chi connectivity index (χ3n) is 4.03. The maximum atomic E-state index is 13.3. The Morgan fingerprint density at radius 1 is 1.38 bits per heavy atom. The van der Waals surface area contributed by atoms with Crippen LogP contribution in [0.3, 0.4) is 0 Å². The molecule has 0 bridgehead atoms. The maximum absolute atomic E-state index is 13.3. The predicted molar refractivity (Wildman–Crippen MR) is 84.0 cm³/mol. The average molecular weight is 332 g/mol. The summed E-state index contributed by atoms with van der Waals surface area (Å²) in [4.78, 5) is 8.72. The Kier molecular flexibility index (Phi) is 4.42. The zero-order chi connectivity index (χ0) is 17.2. The van der Waals surface area contributed by atoms with Crippen LogP contribution in [0.1, 0.15) is 37.1 Å². The van der Waals surface area contributed by atoms with Gasteiger partial charge in [-0.1, -0.05) is 0 Å². The van der Waals surface area contributed by atoms with E-state index in [1.54, 1.807) is 16.9 Å². The minimum atomic E-state index is -2.57. The van der Waals surface area contributed by atoms with Gasteiger partial charge >= 0.3 is 0 Å². The number of nitrogens with zero attached hydrogens (tertiary/aromatic N) is 5. The molecule has 2 aromatic heterocycles. The minimum Gasteiger partial charge on any atom is -0.351 e. The summed E-state index contributed by atoms with van der Waals surface area (Å²) in [5.41, 5.74) is 1.42. The Bertz CT molecular complexity index is 754. The summed E-state index contributed by atoms with van der Waals surface area (Å²) in [6, 6.07) is 5.53. The van der Waals surface area contributed by atoms with Gasteiger partial charge in [-0.05, 0) is 25.8 Å². The number of rotatable bonds is 4. The molecule has 1 aliphatic rings. The second-order valence-corrected chi connectivity index (χ2v) is 6.05. The minimum absolute atomic E-state index is 0.0887. The lowest BCUT2D eigenvalue weighted by atomic mass is 9.92. The van der Waals surface area contributed by atoms with Crippen molar-refractivity contribution < 1.29 is 8.78 Å². The lowest BCUT2D eigenvalue weighted by Crippen LogP contribution is -2.32. The zero-order valence-corrected chi connectivity index (χ0v) is 13.3. The van der Waals surface area contributed by atoms with E-state index in [0.717, 1.165) is 5.69 Å². The second-order valence-electron chi connectivity index (χ2n) is 6.05. The van der Waals surface area contributed by atoms with Crippen molar-refractivity contribution in [3.63, 3.8) is 0 Å². The van der Waals surface area contributed by atoms with Gasteiger partial charge in [-0.15, -0.1) is 0 Å². The molecule has 2 heterocycles. The van der Waals surface area contributed by atoms with Gasteiger partial charge in [0.05, 0.1) is 23.9 Å². The van der Waals surface area contributed by atoms with Gasteiger partial charge in [0.25, 0.3) is 0 Å². The third-order valence-corrected chi connectivity index (χ3v) is 4.03. The van der Waals surface area contributed by atoms with Gasteiger partial charge in [-0.3, -0.25) is 0 Å². The number of anilines is 1. The van der Waals surface area contributed by atoms with Gasteiger partial charge < -0.3 is 5.32 Å². The highest BCUT2D eigenvalue weighted by molar-refractivity contribution is 5.36. The van der Waals surface area contributed by atoms with Crippen molar-refractivity contribution in [1.82, 2.24) is 19.7 Å². The summed E-state index contributed by atoms with van der Waals surface area (Å²) < 4.78 is 28.1. The summed E-state index contributed by atoms with van der Waals surface area (Å²) in [7, 11) is 0. The molecule has 0 aliphatic heterocycles. The smallest absolute Gasteiger partial charge is 0.248 e. The molecule has 1 N–H and O–H groups in total. The molecule has 126 valence electrons. The molecule has 2 aromatic rings. The summed E-state index contributed by atoms with van der Waals surface area (Å²) >= 11 is 0. The van der Waals surface area contributed by atoms with E-state index in [1.807, 2.05) is 13.0 Å². The van der Waals surface area contributed by atoms with Crippen LogP contribution in [-0.4, -0.2) is 31.7 Å². The highest BCUT2D eigenvalue weighted by Gasteiger charge is 2.35. The molecule has 1 aliphatic carbocycles. The first-order chi connectivity index (χ1) is 11.4. The summed E-state index contributed by atoms with van der Waals surface area (Å²) in [6.07, 6.45) is 2.40. The lowest BCUT2D eigenvalue weighted by Gasteiger charge is -2.28. The van der Waals surface area contributed by atoms with E-state index in [-0.39, 0.29) is 25.3 Å². The molecule has 0 unspecified atom stereocenters. The number of hydrogen-bond acceptors (Lipinski definition) is 5. The van der Waals surface area contributed by atoms with Crippen LogP contribution >= 0.6 is 0 Å². The Balaban J connectivity index is 1.82. The quantitative estimate of drug-likeness (QED) is 0.931. The number of alkyl halides is 2. The van der Waals surface area contributed by atoms with Crippen LogP contribution in [0.2, 0.25) is 0 Å². The molecule has 0 amide bonds. The molecule has 0 atom stereocenters. The Morgan fingerprint density at radius 2 is 2.12 bits per heavy atom. The van der Waals surface area contributed by atoms with E-state index < -0.39 is 5.92 Å². The van der Waals surface area contributed by atoms with E-state index in [0.29, 0.717) is 30.3 Å². The molecule has 0 spiro atoms. The standard InChI is InChI=1S/C16H18F2N6/c1-11-5-9-24(23-11)14-10-13(4-8-19)21-15(22-14)20-12-2-6-16(17,18)7-3-12/h5,9-10,12H,2-4,6-7H2,1H3,(H,20,21,22). The number of aryl methyl sites for hydroxylation is 1. The Morgan fingerprint density at radius 3 is 2.75 bits per heavy atom. The predicted octanol–water partition coefficient (Wildman–Crippen LogP) is 3.03. The van der Waals surface area contributed by atoms with Crippen LogP contribution in [0.4, 0.5) is 14.7 Å². The zero-order valence-electron chi connectivity index (χ0n) is 13.3. The van der Waals surface area contributed by atoms with Crippen molar-refractivity contribution in [2.24, 2.45) is 0 Å². The Hall–Kier alpha value is -2.56. The van der Waals surface area contributed by atoms with Crippen molar-refractivity contribution in [3.05, 3.63) is 29.7 Å². The first-order valence-electron chi connectivity index (χ1n) is 7.87. The first-order valence-corrected chi connectivity index (χ1v) is 7.87. The molecule has 6 nitrogen and oxygen atoms in total. The van der Waals surface area contributed by atoms with Crippen molar-refractivity contribution in [2.75, 3.05) is 5.32 Å². The molecule has 0 aromatic carbocycles. The first kappa shape index (κ1) is 16.3. The van der Waals surface area contributed by atoms with Crippen LogP contribution in [0, 0.1) is 18.3 Å². The van der Waals surface area contributed by atoms with Gasteiger partial charge in [0.1, 0.15) is 0 Å². The number of hydrogen-bond donors (Lipinski definition) is 1. The number of nitrogens with one attached hydrogen (secondary N) is 1. The summed E-state index contributed by atoms with van der Waals surface area (Å²) in [5.74, 6) is -1.67. The molecule has 3 rings (SSSR count). The van der Waals surface area contributed by atoms with E-state index in [1.165, 1.54) is 0 Å². The van der Waals surface area contributed by atoms with Crippen molar-refractivity contribution in [1.29, 1.82) is 5.26 Å². The molecular weight excluding hydrogens is 314 g/mol. The normalized spacial score (nSPS) is 17.4. The molecule has 0 radical (unpaired) electrons. The van der Waals surface area contributed by atoms with Crippen LogP contribution < -0.4 is 5.32 Å². The molecule has 1 saturated carbocycles. The van der Waals surface area contributed by atoms with E-state index >= 15 is 0 Å². The summed E-state index contributed by atoms with van der Waals surface area (Å²) in [5, 5.41) is 16.4. The fourth-order valence-electron chi connectivity index (χ4n) is 2.75. The fraction of sp³-hybridized carbons (Fsp3) is 0.500. The van der Waals surface area contributed by atoms with Gasteiger partial charge in [-0.25, -0.2) is 18.4 Å². The maximum Gasteiger partial charge on any atom is 0.248 e.